The standard InChI is InChI=1S/C12H17NO3/c1-3-4-5-16-12-9(2)13-6-10(7-14)11(12)8-15/h3-4,6,14-15H,5,7-8H2,1-2H3/b4-3+. The molecule has 0 aliphatic heterocycles. The summed E-state index contributed by atoms with van der Waals surface area (Å²) in [5.41, 5.74) is 1.92. The molecule has 4 nitrogen and oxygen atoms in total. The van der Waals surface area contributed by atoms with E-state index in [0.717, 1.165) is 0 Å². The second-order valence-electron chi connectivity index (χ2n) is 3.37. The normalized spacial score (nSPS) is 11.0. The van der Waals surface area contributed by atoms with Crippen molar-refractivity contribution >= 4 is 0 Å². The fourth-order valence-electron chi connectivity index (χ4n) is 1.40. The number of allylic oxidation sites excluding steroid dienone is 1. The van der Waals surface area contributed by atoms with Crippen molar-refractivity contribution in [2.45, 2.75) is 27.1 Å². The van der Waals surface area contributed by atoms with Gasteiger partial charge in [-0.25, -0.2) is 0 Å². The van der Waals surface area contributed by atoms with E-state index in [1.54, 1.807) is 6.20 Å². The monoisotopic (exact) mass is 223 g/mol. The maximum Gasteiger partial charge on any atom is 0.146 e. The van der Waals surface area contributed by atoms with Gasteiger partial charge in [-0.2, -0.15) is 0 Å². The summed E-state index contributed by atoms with van der Waals surface area (Å²) in [6.07, 6.45) is 5.31. The highest BCUT2D eigenvalue weighted by molar-refractivity contribution is 5.41. The minimum absolute atomic E-state index is 0.150. The molecule has 0 saturated carbocycles. The highest BCUT2D eigenvalue weighted by atomic mass is 16.5. The summed E-state index contributed by atoms with van der Waals surface area (Å²) < 4.78 is 5.52. The lowest BCUT2D eigenvalue weighted by Gasteiger charge is -2.13. The minimum atomic E-state index is -0.162. The number of aliphatic hydroxyl groups is 2. The number of nitrogens with zero attached hydrogens (tertiary/aromatic N) is 1. The van der Waals surface area contributed by atoms with Crippen molar-refractivity contribution < 1.29 is 14.9 Å². The van der Waals surface area contributed by atoms with Crippen molar-refractivity contribution in [1.82, 2.24) is 4.98 Å². The molecule has 1 heterocycles. The highest BCUT2D eigenvalue weighted by Gasteiger charge is 2.12. The van der Waals surface area contributed by atoms with Gasteiger partial charge in [-0.05, 0) is 13.8 Å². The van der Waals surface area contributed by atoms with E-state index in [1.165, 1.54) is 0 Å². The predicted octanol–water partition coefficient (Wildman–Crippen LogP) is 1.33. The average Bonchev–Trinajstić information content (AvgIpc) is 2.31. The summed E-state index contributed by atoms with van der Waals surface area (Å²) in [7, 11) is 0. The second-order valence-corrected chi connectivity index (χ2v) is 3.37. The van der Waals surface area contributed by atoms with E-state index < -0.39 is 0 Å². The van der Waals surface area contributed by atoms with Crippen LogP contribution in [-0.2, 0) is 13.2 Å². The maximum absolute atomic E-state index is 9.27. The molecule has 0 fully saturated rings. The Bertz CT molecular complexity index is 375. The van der Waals surface area contributed by atoms with Crippen LogP contribution in [-0.4, -0.2) is 21.8 Å². The Morgan fingerprint density at radius 3 is 2.69 bits per heavy atom. The van der Waals surface area contributed by atoms with Crippen molar-refractivity contribution in [1.29, 1.82) is 0 Å². The van der Waals surface area contributed by atoms with Crippen LogP contribution in [0.25, 0.3) is 0 Å². The Morgan fingerprint density at radius 1 is 1.38 bits per heavy atom. The number of pyridine rings is 1. The number of aryl methyl sites for hydroxylation is 1. The van der Waals surface area contributed by atoms with Crippen molar-refractivity contribution in [2.24, 2.45) is 0 Å². The van der Waals surface area contributed by atoms with E-state index in [9.17, 15) is 5.11 Å². The third kappa shape index (κ3) is 2.81. The first kappa shape index (κ1) is 12.7. The van der Waals surface area contributed by atoms with Gasteiger partial charge in [0.1, 0.15) is 12.4 Å². The number of aromatic nitrogens is 1. The number of rotatable bonds is 5. The van der Waals surface area contributed by atoms with Gasteiger partial charge >= 0.3 is 0 Å². The van der Waals surface area contributed by atoms with E-state index in [4.69, 9.17) is 9.84 Å². The Labute approximate surface area is 95.2 Å². The zero-order chi connectivity index (χ0) is 12.0. The quantitative estimate of drug-likeness (QED) is 0.739. The van der Waals surface area contributed by atoms with Crippen LogP contribution >= 0.6 is 0 Å². The molecular weight excluding hydrogens is 206 g/mol. The van der Waals surface area contributed by atoms with Gasteiger partial charge in [0.05, 0.1) is 18.9 Å². The molecule has 0 aliphatic carbocycles. The third-order valence-electron chi connectivity index (χ3n) is 2.29. The fraction of sp³-hybridized carbons (Fsp3) is 0.417. The summed E-state index contributed by atoms with van der Waals surface area (Å²) in [6.45, 7) is 3.84. The molecule has 1 rings (SSSR count). The first-order valence-corrected chi connectivity index (χ1v) is 5.17. The third-order valence-corrected chi connectivity index (χ3v) is 2.29. The molecule has 0 radical (unpaired) electrons. The highest BCUT2D eigenvalue weighted by Crippen LogP contribution is 2.25. The van der Waals surface area contributed by atoms with Crippen LogP contribution in [0.5, 0.6) is 5.75 Å². The molecule has 1 aromatic heterocycles. The lowest BCUT2D eigenvalue weighted by molar-refractivity contribution is 0.250. The maximum atomic E-state index is 9.27. The summed E-state index contributed by atoms with van der Waals surface area (Å²) in [6, 6.07) is 0. The van der Waals surface area contributed by atoms with Gasteiger partial charge in [0.25, 0.3) is 0 Å². The smallest absolute Gasteiger partial charge is 0.146 e. The molecule has 16 heavy (non-hydrogen) atoms. The van der Waals surface area contributed by atoms with Crippen LogP contribution < -0.4 is 4.74 Å². The van der Waals surface area contributed by atoms with E-state index in [0.29, 0.717) is 29.2 Å². The van der Waals surface area contributed by atoms with Crippen molar-refractivity contribution in [3.8, 4) is 5.75 Å². The lowest BCUT2D eigenvalue weighted by Crippen LogP contribution is -2.05. The molecule has 0 spiro atoms. The fourth-order valence-corrected chi connectivity index (χ4v) is 1.40. The molecule has 4 heteroatoms. The molecule has 0 aliphatic rings. The molecule has 1 aromatic rings. The van der Waals surface area contributed by atoms with Gasteiger partial charge in [0, 0.05) is 17.3 Å². The van der Waals surface area contributed by atoms with Crippen LogP contribution in [0, 0.1) is 6.92 Å². The second kappa shape index (κ2) is 6.25. The van der Waals surface area contributed by atoms with Gasteiger partial charge in [0.15, 0.2) is 0 Å². The minimum Gasteiger partial charge on any atom is -0.487 e. The van der Waals surface area contributed by atoms with Crippen LogP contribution in [0.2, 0.25) is 0 Å². The van der Waals surface area contributed by atoms with Gasteiger partial charge < -0.3 is 14.9 Å². The first-order valence-electron chi connectivity index (χ1n) is 5.17. The van der Waals surface area contributed by atoms with E-state index >= 15 is 0 Å². The van der Waals surface area contributed by atoms with Crippen LogP contribution in [0.4, 0.5) is 0 Å². The van der Waals surface area contributed by atoms with Crippen molar-refractivity contribution in [3.05, 3.63) is 35.2 Å². The molecule has 88 valence electrons. The predicted molar refractivity (Wildman–Crippen MR) is 61.1 cm³/mol. The van der Waals surface area contributed by atoms with Gasteiger partial charge in [-0.15, -0.1) is 0 Å². The number of hydrogen-bond acceptors (Lipinski definition) is 4. The summed E-state index contributed by atoms with van der Waals surface area (Å²) in [4.78, 5) is 4.12. The zero-order valence-electron chi connectivity index (χ0n) is 9.60. The number of ether oxygens (including phenoxy) is 1. The molecular formula is C12H17NO3. The first-order chi connectivity index (χ1) is 7.74. The van der Waals surface area contributed by atoms with E-state index in [1.807, 2.05) is 26.0 Å². The van der Waals surface area contributed by atoms with E-state index in [2.05, 4.69) is 4.98 Å². The van der Waals surface area contributed by atoms with E-state index in [-0.39, 0.29) is 13.2 Å². The van der Waals surface area contributed by atoms with Gasteiger partial charge in [-0.1, -0.05) is 12.2 Å². The SMILES string of the molecule is C/C=C/COc1c(C)ncc(CO)c1CO. The van der Waals surface area contributed by atoms with Crippen LogP contribution in [0.3, 0.4) is 0 Å². The summed E-state index contributed by atoms with van der Waals surface area (Å²) in [5, 5.41) is 18.4. The molecule has 0 saturated heterocycles. The Kier molecular flexibility index (Phi) is 4.95. The largest absolute Gasteiger partial charge is 0.487 e. The van der Waals surface area contributed by atoms with Gasteiger partial charge in [0.2, 0.25) is 0 Å². The molecule has 0 atom stereocenters. The zero-order valence-corrected chi connectivity index (χ0v) is 9.60. The molecule has 0 aromatic carbocycles. The molecule has 0 bridgehead atoms. The Morgan fingerprint density at radius 2 is 2.12 bits per heavy atom. The average molecular weight is 223 g/mol. The van der Waals surface area contributed by atoms with Gasteiger partial charge in [-0.3, -0.25) is 4.98 Å². The van der Waals surface area contributed by atoms with Crippen LogP contribution in [0.15, 0.2) is 18.3 Å². The molecule has 0 amide bonds. The number of aliphatic hydroxyl groups excluding tert-OH is 2. The van der Waals surface area contributed by atoms with Crippen molar-refractivity contribution in [3.63, 3.8) is 0 Å². The topological polar surface area (TPSA) is 62.6 Å². The van der Waals surface area contributed by atoms with Crippen LogP contribution in [0.1, 0.15) is 23.7 Å². The summed E-state index contributed by atoms with van der Waals surface area (Å²) in [5.74, 6) is 0.562. The summed E-state index contributed by atoms with van der Waals surface area (Å²) >= 11 is 0. The number of hydrogen-bond donors (Lipinski definition) is 2. The Hall–Kier alpha value is -1.39. The lowest BCUT2D eigenvalue weighted by atomic mass is 10.1. The molecule has 2 N–H and O–H groups in total. The Balaban J connectivity index is 3.03. The van der Waals surface area contributed by atoms with Crippen molar-refractivity contribution in [2.75, 3.05) is 6.61 Å². The molecule has 0 unspecified atom stereocenters.